The van der Waals surface area contributed by atoms with Gasteiger partial charge >= 0.3 is 0 Å². The number of aryl methyl sites for hydroxylation is 1. The number of carbonyl (C=O) groups excluding carboxylic acids is 1. The first kappa shape index (κ1) is 15.7. The van der Waals surface area contributed by atoms with Crippen molar-refractivity contribution in [2.24, 2.45) is 5.92 Å². The third-order valence-electron chi connectivity index (χ3n) is 3.80. The van der Waals surface area contributed by atoms with E-state index in [0.29, 0.717) is 0 Å². The number of nitrogens with one attached hydrogen (secondary N) is 1. The second kappa shape index (κ2) is 6.20. The zero-order chi connectivity index (χ0) is 14.6. The summed E-state index contributed by atoms with van der Waals surface area (Å²) in [5.74, 6) is -0.156. The number of rotatable bonds is 5. The Morgan fingerprint density at radius 1 is 1.37 bits per heavy atom. The zero-order valence-corrected chi connectivity index (χ0v) is 12.5. The molecule has 0 saturated heterocycles. The summed E-state index contributed by atoms with van der Waals surface area (Å²) in [5, 5.41) is 13.0. The highest BCUT2D eigenvalue weighted by Crippen LogP contribution is 2.18. The van der Waals surface area contributed by atoms with Crippen LogP contribution in [0.25, 0.3) is 0 Å². The lowest BCUT2D eigenvalue weighted by molar-refractivity contribution is -0.123. The number of benzene rings is 1. The molecule has 1 aromatic carbocycles. The van der Waals surface area contributed by atoms with Crippen molar-refractivity contribution >= 4 is 5.91 Å². The van der Waals surface area contributed by atoms with Crippen LogP contribution in [-0.4, -0.2) is 23.2 Å². The Morgan fingerprint density at radius 3 is 2.53 bits per heavy atom. The Hall–Kier alpha value is -1.35. The number of aliphatic hydroxyl groups is 1. The molecule has 2 unspecified atom stereocenters. The monoisotopic (exact) mass is 263 g/mol. The van der Waals surface area contributed by atoms with Gasteiger partial charge in [-0.3, -0.25) is 4.79 Å². The van der Waals surface area contributed by atoms with Gasteiger partial charge in [0.05, 0.1) is 11.5 Å². The molecular weight excluding hydrogens is 238 g/mol. The summed E-state index contributed by atoms with van der Waals surface area (Å²) in [6.07, 6.45) is 0. The molecule has 0 fully saturated rings. The van der Waals surface area contributed by atoms with E-state index in [1.54, 1.807) is 6.92 Å². The molecule has 0 aliphatic carbocycles. The zero-order valence-electron chi connectivity index (χ0n) is 12.5. The lowest BCUT2D eigenvalue weighted by atomic mass is 9.92. The van der Waals surface area contributed by atoms with Crippen LogP contribution in [-0.2, 0) is 4.79 Å². The third kappa shape index (κ3) is 4.35. The number of amides is 1. The first-order chi connectivity index (χ1) is 8.74. The molecule has 2 N–H and O–H groups in total. The van der Waals surface area contributed by atoms with E-state index in [2.05, 4.69) is 5.32 Å². The minimum Gasteiger partial charge on any atom is -0.388 e. The Labute approximate surface area is 116 Å². The highest BCUT2D eigenvalue weighted by atomic mass is 16.3. The van der Waals surface area contributed by atoms with E-state index >= 15 is 0 Å². The van der Waals surface area contributed by atoms with Crippen molar-refractivity contribution in [3.8, 4) is 0 Å². The van der Waals surface area contributed by atoms with Crippen LogP contribution in [0.1, 0.15) is 44.7 Å². The van der Waals surface area contributed by atoms with E-state index in [4.69, 9.17) is 0 Å². The maximum Gasteiger partial charge on any atom is 0.227 e. The van der Waals surface area contributed by atoms with Crippen LogP contribution in [0.15, 0.2) is 24.3 Å². The van der Waals surface area contributed by atoms with Gasteiger partial charge in [-0.15, -0.1) is 0 Å². The third-order valence-corrected chi connectivity index (χ3v) is 3.80. The summed E-state index contributed by atoms with van der Waals surface area (Å²) in [6, 6.07) is 7.94. The fourth-order valence-electron chi connectivity index (χ4n) is 1.71. The largest absolute Gasteiger partial charge is 0.388 e. The molecule has 106 valence electrons. The molecule has 2 atom stereocenters. The van der Waals surface area contributed by atoms with Gasteiger partial charge in [0.15, 0.2) is 0 Å². The average molecular weight is 263 g/mol. The molecule has 0 bridgehead atoms. The van der Waals surface area contributed by atoms with E-state index in [1.165, 1.54) is 0 Å². The quantitative estimate of drug-likeness (QED) is 0.858. The van der Waals surface area contributed by atoms with Gasteiger partial charge in [0.25, 0.3) is 0 Å². The van der Waals surface area contributed by atoms with Gasteiger partial charge in [-0.2, -0.15) is 0 Å². The van der Waals surface area contributed by atoms with Gasteiger partial charge in [0.2, 0.25) is 5.91 Å². The predicted octanol–water partition coefficient (Wildman–Crippen LogP) is 2.62. The molecule has 1 aromatic rings. The van der Waals surface area contributed by atoms with Crippen molar-refractivity contribution in [2.45, 2.75) is 46.1 Å². The minimum atomic E-state index is -0.873. The van der Waals surface area contributed by atoms with Gasteiger partial charge in [-0.25, -0.2) is 0 Å². The molecule has 0 radical (unpaired) electrons. The van der Waals surface area contributed by atoms with Crippen molar-refractivity contribution in [3.05, 3.63) is 35.4 Å². The second-order valence-electron chi connectivity index (χ2n) is 5.87. The van der Waals surface area contributed by atoms with Crippen LogP contribution in [0.2, 0.25) is 0 Å². The first-order valence-corrected chi connectivity index (χ1v) is 6.80. The van der Waals surface area contributed by atoms with Crippen LogP contribution in [0.4, 0.5) is 0 Å². The standard InChI is InChI=1S/C16H25NO2/c1-11(2)16(5,19)10-17-15(18)13(4)14-8-6-7-12(3)9-14/h6-9,11,13,19H,10H2,1-5H3,(H,17,18). The predicted molar refractivity (Wildman–Crippen MR) is 78.1 cm³/mol. The molecule has 0 saturated carbocycles. The Morgan fingerprint density at radius 2 is 2.00 bits per heavy atom. The van der Waals surface area contributed by atoms with Gasteiger partial charge in [0.1, 0.15) is 0 Å². The van der Waals surface area contributed by atoms with Crippen LogP contribution >= 0.6 is 0 Å². The molecule has 1 amide bonds. The number of hydrogen-bond acceptors (Lipinski definition) is 2. The van der Waals surface area contributed by atoms with Crippen molar-refractivity contribution in [2.75, 3.05) is 6.54 Å². The molecule has 0 aromatic heterocycles. The smallest absolute Gasteiger partial charge is 0.227 e. The van der Waals surface area contributed by atoms with E-state index in [1.807, 2.05) is 52.0 Å². The SMILES string of the molecule is Cc1cccc(C(C)C(=O)NCC(C)(O)C(C)C)c1. The van der Waals surface area contributed by atoms with E-state index in [9.17, 15) is 9.90 Å². The molecule has 3 heteroatoms. The summed E-state index contributed by atoms with van der Waals surface area (Å²) in [4.78, 5) is 12.1. The average Bonchev–Trinajstić information content (AvgIpc) is 2.35. The molecule has 1 rings (SSSR count). The summed E-state index contributed by atoms with van der Waals surface area (Å²) in [7, 11) is 0. The highest BCUT2D eigenvalue weighted by molar-refractivity contribution is 5.83. The lowest BCUT2D eigenvalue weighted by Gasteiger charge is -2.28. The topological polar surface area (TPSA) is 49.3 Å². The second-order valence-corrected chi connectivity index (χ2v) is 5.87. The van der Waals surface area contributed by atoms with Crippen molar-refractivity contribution in [1.29, 1.82) is 0 Å². The van der Waals surface area contributed by atoms with Crippen molar-refractivity contribution in [3.63, 3.8) is 0 Å². The van der Waals surface area contributed by atoms with Crippen LogP contribution in [0, 0.1) is 12.8 Å². The van der Waals surface area contributed by atoms with Crippen molar-refractivity contribution in [1.82, 2.24) is 5.32 Å². The van der Waals surface area contributed by atoms with Gasteiger partial charge < -0.3 is 10.4 Å². The normalized spacial score (nSPS) is 15.9. The van der Waals surface area contributed by atoms with Gasteiger partial charge in [0, 0.05) is 6.54 Å². The molecule has 0 heterocycles. The maximum absolute atomic E-state index is 12.1. The number of carbonyl (C=O) groups is 1. The molecule has 0 spiro atoms. The van der Waals surface area contributed by atoms with Gasteiger partial charge in [-0.1, -0.05) is 43.7 Å². The number of hydrogen-bond donors (Lipinski definition) is 2. The van der Waals surface area contributed by atoms with Gasteiger partial charge in [-0.05, 0) is 32.3 Å². The molecular formula is C16H25NO2. The molecule has 0 aliphatic rings. The summed E-state index contributed by atoms with van der Waals surface area (Å²) in [6.45, 7) is 9.80. The van der Waals surface area contributed by atoms with Crippen LogP contribution < -0.4 is 5.32 Å². The Kier molecular flexibility index (Phi) is 5.12. The molecule has 3 nitrogen and oxygen atoms in total. The summed E-state index contributed by atoms with van der Waals surface area (Å²) < 4.78 is 0. The first-order valence-electron chi connectivity index (χ1n) is 6.80. The maximum atomic E-state index is 12.1. The van der Waals surface area contributed by atoms with Crippen molar-refractivity contribution < 1.29 is 9.90 Å². The van der Waals surface area contributed by atoms with E-state index in [0.717, 1.165) is 11.1 Å². The Bertz CT molecular complexity index is 438. The molecule has 0 aliphatic heterocycles. The van der Waals surface area contributed by atoms with E-state index < -0.39 is 5.60 Å². The fraction of sp³-hybridized carbons (Fsp3) is 0.562. The fourth-order valence-corrected chi connectivity index (χ4v) is 1.71. The Balaban J connectivity index is 2.64. The lowest BCUT2D eigenvalue weighted by Crippen LogP contribution is -2.45. The van der Waals surface area contributed by atoms with E-state index in [-0.39, 0.29) is 24.3 Å². The highest BCUT2D eigenvalue weighted by Gasteiger charge is 2.26. The van der Waals surface area contributed by atoms with Crippen LogP contribution in [0.5, 0.6) is 0 Å². The minimum absolute atomic E-state index is 0.0495. The summed E-state index contributed by atoms with van der Waals surface area (Å²) in [5.41, 5.74) is 1.27. The van der Waals surface area contributed by atoms with Crippen LogP contribution in [0.3, 0.4) is 0 Å². The summed E-state index contributed by atoms with van der Waals surface area (Å²) >= 11 is 0. The molecule has 19 heavy (non-hydrogen) atoms.